The van der Waals surface area contributed by atoms with Crippen LogP contribution in [-0.2, 0) is 7.05 Å². The number of benzene rings is 1. The van der Waals surface area contributed by atoms with E-state index in [-0.39, 0.29) is 16.3 Å². The molecule has 1 atom stereocenters. The van der Waals surface area contributed by atoms with Crippen molar-refractivity contribution in [3.05, 3.63) is 52.3 Å². The summed E-state index contributed by atoms with van der Waals surface area (Å²) in [5.41, 5.74) is 0.0478. The van der Waals surface area contributed by atoms with Gasteiger partial charge in [0.25, 0.3) is 0 Å². The molecule has 2 aromatic rings. The van der Waals surface area contributed by atoms with Gasteiger partial charge in [-0.15, -0.1) is 0 Å². The van der Waals surface area contributed by atoms with Crippen LogP contribution in [-0.4, -0.2) is 14.9 Å². The van der Waals surface area contributed by atoms with E-state index in [1.54, 1.807) is 7.05 Å². The molecule has 1 heterocycles. The van der Waals surface area contributed by atoms with Gasteiger partial charge in [0.15, 0.2) is 0 Å². The number of aliphatic hydroxyl groups excluding tert-OH is 1. The molecule has 0 amide bonds. The molecule has 1 unspecified atom stereocenters. The molecular formula is C11H9ClF2N2O. The number of nitrogens with zero attached hydrogens (tertiary/aromatic N) is 2. The summed E-state index contributed by atoms with van der Waals surface area (Å²) in [6, 6.07) is 2.87. The summed E-state index contributed by atoms with van der Waals surface area (Å²) in [4.78, 5) is 0. The molecule has 0 radical (unpaired) electrons. The van der Waals surface area contributed by atoms with Crippen LogP contribution in [0.5, 0.6) is 0 Å². The van der Waals surface area contributed by atoms with Gasteiger partial charge in [-0.1, -0.05) is 11.6 Å². The number of halogens is 3. The summed E-state index contributed by atoms with van der Waals surface area (Å²) < 4.78 is 27.8. The van der Waals surface area contributed by atoms with Crippen LogP contribution in [0.15, 0.2) is 24.4 Å². The molecule has 0 fully saturated rings. The van der Waals surface area contributed by atoms with E-state index < -0.39 is 17.7 Å². The van der Waals surface area contributed by atoms with Gasteiger partial charge in [0.2, 0.25) is 0 Å². The largest absolute Gasteiger partial charge is 0.382 e. The van der Waals surface area contributed by atoms with Crippen molar-refractivity contribution < 1.29 is 13.9 Å². The molecule has 6 heteroatoms. The van der Waals surface area contributed by atoms with E-state index in [1.807, 2.05) is 0 Å². The normalized spacial score (nSPS) is 12.8. The Bertz CT molecular complexity index is 537. The number of hydrogen-bond donors (Lipinski definition) is 1. The molecule has 2 rings (SSSR count). The van der Waals surface area contributed by atoms with Crippen LogP contribution in [0.4, 0.5) is 8.78 Å². The zero-order valence-electron chi connectivity index (χ0n) is 8.86. The van der Waals surface area contributed by atoms with E-state index in [0.29, 0.717) is 0 Å². The Balaban J connectivity index is 2.50. The Hall–Kier alpha value is -1.46. The average Bonchev–Trinajstić information content (AvgIpc) is 2.61. The number of aryl methyl sites for hydroxylation is 1. The van der Waals surface area contributed by atoms with E-state index in [4.69, 9.17) is 11.6 Å². The van der Waals surface area contributed by atoms with Crippen LogP contribution in [0.25, 0.3) is 0 Å². The lowest BCUT2D eigenvalue weighted by Crippen LogP contribution is -2.09. The zero-order chi connectivity index (χ0) is 12.6. The van der Waals surface area contributed by atoms with Gasteiger partial charge in [0, 0.05) is 12.6 Å². The van der Waals surface area contributed by atoms with Crippen molar-refractivity contribution in [2.45, 2.75) is 6.10 Å². The summed E-state index contributed by atoms with van der Waals surface area (Å²) in [6.45, 7) is 0. The monoisotopic (exact) mass is 258 g/mol. The number of aliphatic hydroxyl groups is 1. The topological polar surface area (TPSA) is 38.0 Å². The Labute approximate surface area is 101 Å². The Morgan fingerprint density at radius 1 is 1.41 bits per heavy atom. The van der Waals surface area contributed by atoms with Gasteiger partial charge < -0.3 is 5.11 Å². The van der Waals surface area contributed by atoms with Gasteiger partial charge in [-0.2, -0.15) is 5.10 Å². The highest BCUT2D eigenvalue weighted by Crippen LogP contribution is 2.29. The van der Waals surface area contributed by atoms with Gasteiger partial charge >= 0.3 is 0 Å². The van der Waals surface area contributed by atoms with Crippen LogP contribution >= 0.6 is 11.6 Å². The van der Waals surface area contributed by atoms with Crippen molar-refractivity contribution in [1.29, 1.82) is 0 Å². The van der Waals surface area contributed by atoms with Gasteiger partial charge in [-0.05, 0) is 18.2 Å². The molecule has 1 aromatic carbocycles. The molecular weight excluding hydrogens is 250 g/mol. The third kappa shape index (κ3) is 2.16. The van der Waals surface area contributed by atoms with E-state index >= 15 is 0 Å². The second kappa shape index (κ2) is 4.43. The smallest absolute Gasteiger partial charge is 0.129 e. The van der Waals surface area contributed by atoms with Gasteiger partial charge in [0.1, 0.15) is 17.7 Å². The van der Waals surface area contributed by atoms with Crippen molar-refractivity contribution in [2.24, 2.45) is 7.05 Å². The maximum Gasteiger partial charge on any atom is 0.129 e. The molecule has 0 saturated heterocycles. The molecule has 0 aliphatic carbocycles. The molecule has 0 bridgehead atoms. The molecule has 3 nitrogen and oxygen atoms in total. The molecule has 0 aliphatic heterocycles. The fourth-order valence-electron chi connectivity index (χ4n) is 1.60. The SMILES string of the molecule is Cn1ncc(Cl)c1C(O)c1cc(F)ccc1F. The van der Waals surface area contributed by atoms with Crippen molar-refractivity contribution in [3.8, 4) is 0 Å². The minimum Gasteiger partial charge on any atom is -0.382 e. The quantitative estimate of drug-likeness (QED) is 0.898. The van der Waals surface area contributed by atoms with Crippen LogP contribution < -0.4 is 0 Å². The molecule has 90 valence electrons. The minimum atomic E-state index is -1.36. The molecule has 0 spiro atoms. The average molecular weight is 259 g/mol. The van der Waals surface area contributed by atoms with Crippen molar-refractivity contribution in [2.75, 3.05) is 0 Å². The van der Waals surface area contributed by atoms with Crippen molar-refractivity contribution in [3.63, 3.8) is 0 Å². The Morgan fingerprint density at radius 2 is 2.12 bits per heavy atom. The second-order valence-electron chi connectivity index (χ2n) is 3.57. The van der Waals surface area contributed by atoms with Crippen molar-refractivity contribution >= 4 is 11.6 Å². The van der Waals surface area contributed by atoms with Crippen LogP contribution in [0.2, 0.25) is 5.02 Å². The Morgan fingerprint density at radius 3 is 2.71 bits per heavy atom. The van der Waals surface area contributed by atoms with E-state index in [2.05, 4.69) is 5.10 Å². The maximum absolute atomic E-state index is 13.5. The van der Waals surface area contributed by atoms with Crippen LogP contribution in [0.1, 0.15) is 17.4 Å². The lowest BCUT2D eigenvalue weighted by Gasteiger charge is -2.13. The number of hydrogen-bond acceptors (Lipinski definition) is 2. The first-order valence-electron chi connectivity index (χ1n) is 4.81. The van der Waals surface area contributed by atoms with Crippen molar-refractivity contribution in [1.82, 2.24) is 9.78 Å². The van der Waals surface area contributed by atoms with Gasteiger partial charge in [-0.25, -0.2) is 8.78 Å². The summed E-state index contributed by atoms with van der Waals surface area (Å²) in [5, 5.41) is 14.0. The predicted octanol–water partition coefficient (Wildman–Crippen LogP) is 2.43. The van der Waals surface area contributed by atoms with E-state index in [1.165, 1.54) is 10.9 Å². The summed E-state index contributed by atoms with van der Waals surface area (Å²) in [5.74, 6) is -1.32. The number of aromatic nitrogens is 2. The lowest BCUT2D eigenvalue weighted by atomic mass is 10.1. The summed E-state index contributed by atoms with van der Waals surface area (Å²) >= 11 is 5.82. The highest BCUT2D eigenvalue weighted by molar-refractivity contribution is 6.31. The maximum atomic E-state index is 13.5. The molecule has 17 heavy (non-hydrogen) atoms. The summed E-state index contributed by atoms with van der Waals surface area (Å²) in [7, 11) is 1.56. The lowest BCUT2D eigenvalue weighted by molar-refractivity contribution is 0.204. The third-order valence-corrected chi connectivity index (χ3v) is 2.74. The molecule has 1 N–H and O–H groups in total. The standard InChI is InChI=1S/C11H9ClF2N2O/c1-16-10(8(12)5-15-16)11(17)7-4-6(13)2-3-9(7)14/h2-5,11,17H,1H3. The second-order valence-corrected chi connectivity index (χ2v) is 3.98. The fourth-order valence-corrected chi connectivity index (χ4v) is 1.87. The zero-order valence-corrected chi connectivity index (χ0v) is 9.62. The number of rotatable bonds is 2. The molecule has 1 aromatic heterocycles. The third-order valence-electron chi connectivity index (χ3n) is 2.45. The fraction of sp³-hybridized carbons (Fsp3) is 0.182. The minimum absolute atomic E-state index is 0.171. The molecule has 0 saturated carbocycles. The first-order chi connectivity index (χ1) is 8.00. The van der Waals surface area contributed by atoms with Crippen LogP contribution in [0.3, 0.4) is 0 Å². The first-order valence-corrected chi connectivity index (χ1v) is 5.19. The highest BCUT2D eigenvalue weighted by atomic mass is 35.5. The van der Waals surface area contributed by atoms with E-state index in [9.17, 15) is 13.9 Å². The van der Waals surface area contributed by atoms with Gasteiger partial charge in [-0.3, -0.25) is 4.68 Å². The molecule has 0 aliphatic rings. The predicted molar refractivity (Wildman–Crippen MR) is 58.6 cm³/mol. The van der Waals surface area contributed by atoms with E-state index in [0.717, 1.165) is 18.2 Å². The highest BCUT2D eigenvalue weighted by Gasteiger charge is 2.21. The Kier molecular flexibility index (Phi) is 3.13. The first kappa shape index (κ1) is 12.0. The van der Waals surface area contributed by atoms with Gasteiger partial charge in [0.05, 0.1) is 16.9 Å². The van der Waals surface area contributed by atoms with Crippen LogP contribution in [0, 0.1) is 11.6 Å². The summed E-state index contributed by atoms with van der Waals surface area (Å²) in [6.07, 6.45) is -0.0252.